The maximum absolute atomic E-state index is 13.1. The van der Waals surface area contributed by atoms with Gasteiger partial charge < -0.3 is 20.1 Å². The second-order valence-electron chi connectivity index (χ2n) is 8.15. The highest BCUT2D eigenvalue weighted by Gasteiger charge is 2.52. The molecule has 0 atom stereocenters. The van der Waals surface area contributed by atoms with Crippen molar-refractivity contribution in [2.24, 2.45) is 0 Å². The molecule has 1 heterocycles. The number of phenolic OH excluding ortho intramolecular Hbond substituents is 2. The van der Waals surface area contributed by atoms with Crippen molar-refractivity contribution in [2.45, 2.75) is 33.3 Å². The minimum absolute atomic E-state index is 0.0531. The average molecular weight is 576 g/mol. The molecule has 0 saturated heterocycles. The average Bonchev–Trinajstić information content (AvgIpc) is 3.08. The molecule has 33 heavy (non-hydrogen) atoms. The third-order valence-electron chi connectivity index (χ3n) is 6.47. The molecule has 3 aromatic carbocycles. The van der Waals surface area contributed by atoms with E-state index in [0.29, 0.717) is 25.6 Å². The fourth-order valence-electron chi connectivity index (χ4n) is 4.21. The van der Waals surface area contributed by atoms with Gasteiger partial charge in [0, 0.05) is 25.6 Å². The van der Waals surface area contributed by atoms with Gasteiger partial charge in [-0.15, -0.1) is 0 Å². The number of halogens is 2. The van der Waals surface area contributed by atoms with Gasteiger partial charge in [0.15, 0.2) is 5.60 Å². The van der Waals surface area contributed by atoms with E-state index < -0.39 is 17.5 Å². The van der Waals surface area contributed by atoms with Gasteiger partial charge in [-0.05, 0) is 74.2 Å². The number of hydrogen-bond acceptors (Lipinski definition) is 5. The lowest BCUT2D eigenvalue weighted by molar-refractivity contribution is 0.0238. The quantitative estimate of drug-likeness (QED) is 0.330. The predicted molar refractivity (Wildman–Crippen MR) is 129 cm³/mol. The van der Waals surface area contributed by atoms with Crippen LogP contribution in [-0.2, 0) is 10.3 Å². The van der Waals surface area contributed by atoms with E-state index in [9.17, 15) is 24.9 Å². The largest absolute Gasteiger partial charge is 0.507 e. The molecule has 0 amide bonds. The van der Waals surface area contributed by atoms with Gasteiger partial charge in [0.25, 0.3) is 0 Å². The molecule has 6 nitrogen and oxygen atoms in total. The number of carboxylic acids is 1. The van der Waals surface area contributed by atoms with Gasteiger partial charge in [-0.3, -0.25) is 0 Å². The van der Waals surface area contributed by atoms with E-state index in [1.807, 2.05) is 13.8 Å². The Morgan fingerprint density at radius 2 is 1.30 bits per heavy atom. The van der Waals surface area contributed by atoms with Gasteiger partial charge in [0.1, 0.15) is 11.5 Å². The van der Waals surface area contributed by atoms with Crippen molar-refractivity contribution in [3.63, 3.8) is 0 Å². The van der Waals surface area contributed by atoms with Crippen molar-refractivity contribution in [2.75, 3.05) is 0 Å². The summed E-state index contributed by atoms with van der Waals surface area (Å²) in [6, 6.07) is 7.44. The Morgan fingerprint density at radius 3 is 1.76 bits per heavy atom. The summed E-state index contributed by atoms with van der Waals surface area (Å²) in [6.45, 7) is 7.17. The van der Waals surface area contributed by atoms with Crippen LogP contribution in [0.25, 0.3) is 0 Å². The minimum Gasteiger partial charge on any atom is -0.507 e. The molecular formula is C25H20Br2O6. The Hall–Kier alpha value is -2.84. The lowest BCUT2D eigenvalue weighted by Crippen LogP contribution is -2.30. The van der Waals surface area contributed by atoms with E-state index in [4.69, 9.17) is 4.74 Å². The molecule has 0 aromatic heterocycles. The maximum Gasteiger partial charge on any atom is 0.340 e. The summed E-state index contributed by atoms with van der Waals surface area (Å²) >= 11 is 7.04. The molecule has 0 radical (unpaired) electrons. The molecule has 0 spiro atoms. The number of carboxylic acid groups (broad SMARTS) is 1. The van der Waals surface area contributed by atoms with Crippen molar-refractivity contribution in [3.8, 4) is 11.5 Å². The lowest BCUT2D eigenvalue weighted by atomic mass is 9.77. The molecule has 0 bridgehead atoms. The molecule has 0 aliphatic carbocycles. The Kier molecular flexibility index (Phi) is 5.57. The molecule has 0 unspecified atom stereocenters. The molecule has 3 aromatic rings. The van der Waals surface area contributed by atoms with Crippen LogP contribution in [-0.4, -0.2) is 27.3 Å². The lowest BCUT2D eigenvalue weighted by Gasteiger charge is -2.33. The smallest absolute Gasteiger partial charge is 0.340 e. The van der Waals surface area contributed by atoms with Crippen LogP contribution in [0.5, 0.6) is 11.5 Å². The van der Waals surface area contributed by atoms with Gasteiger partial charge in [-0.1, -0.05) is 37.9 Å². The van der Waals surface area contributed by atoms with Crippen LogP contribution in [0.15, 0.2) is 39.3 Å². The molecule has 170 valence electrons. The number of fused-ring (bicyclic) bond motifs is 1. The zero-order valence-electron chi connectivity index (χ0n) is 18.2. The Labute approximate surface area is 207 Å². The molecule has 0 fully saturated rings. The van der Waals surface area contributed by atoms with Crippen molar-refractivity contribution in [1.82, 2.24) is 0 Å². The first kappa shape index (κ1) is 23.3. The molecule has 0 saturated carbocycles. The summed E-state index contributed by atoms with van der Waals surface area (Å²) in [7, 11) is 0. The van der Waals surface area contributed by atoms with E-state index in [1.54, 1.807) is 26.0 Å². The van der Waals surface area contributed by atoms with Crippen molar-refractivity contribution in [3.05, 3.63) is 89.3 Å². The summed E-state index contributed by atoms with van der Waals surface area (Å²) in [5.41, 5.74) is 1.87. The van der Waals surface area contributed by atoms with Crippen LogP contribution in [0.2, 0.25) is 0 Å². The Morgan fingerprint density at radius 1 is 0.818 bits per heavy atom. The van der Waals surface area contributed by atoms with Crippen LogP contribution >= 0.6 is 31.9 Å². The van der Waals surface area contributed by atoms with Crippen LogP contribution in [0.4, 0.5) is 0 Å². The van der Waals surface area contributed by atoms with E-state index in [2.05, 4.69) is 31.9 Å². The second-order valence-corrected chi connectivity index (χ2v) is 9.85. The van der Waals surface area contributed by atoms with E-state index in [1.165, 1.54) is 18.2 Å². The van der Waals surface area contributed by atoms with Crippen LogP contribution in [0, 0.1) is 27.7 Å². The van der Waals surface area contributed by atoms with E-state index in [0.717, 1.165) is 11.1 Å². The first-order valence-corrected chi connectivity index (χ1v) is 11.6. The number of esters is 1. The minimum atomic E-state index is -1.71. The van der Waals surface area contributed by atoms with Gasteiger partial charge in [-0.25, -0.2) is 9.59 Å². The number of hydrogen-bond donors (Lipinski definition) is 3. The predicted octanol–water partition coefficient (Wildman–Crippen LogP) is 6.02. The van der Waals surface area contributed by atoms with Crippen molar-refractivity contribution in [1.29, 1.82) is 0 Å². The number of ether oxygens (including phenoxy) is 1. The van der Waals surface area contributed by atoms with Crippen LogP contribution < -0.4 is 0 Å². The number of carbonyl (C=O) groups is 2. The fourth-order valence-corrected chi connectivity index (χ4v) is 5.26. The topological polar surface area (TPSA) is 104 Å². The number of aromatic hydroxyl groups is 2. The number of benzene rings is 3. The summed E-state index contributed by atoms with van der Waals surface area (Å²) in [6.07, 6.45) is 0. The van der Waals surface area contributed by atoms with Gasteiger partial charge in [-0.2, -0.15) is 0 Å². The van der Waals surface area contributed by atoms with Crippen molar-refractivity contribution >= 4 is 43.8 Å². The highest BCUT2D eigenvalue weighted by Crippen LogP contribution is 2.54. The molecule has 4 rings (SSSR count). The van der Waals surface area contributed by atoms with Crippen LogP contribution in [0.3, 0.4) is 0 Å². The number of rotatable bonds is 3. The van der Waals surface area contributed by atoms with Gasteiger partial charge in [0.05, 0.1) is 11.1 Å². The monoisotopic (exact) mass is 574 g/mol. The summed E-state index contributed by atoms with van der Waals surface area (Å²) in [4.78, 5) is 24.6. The molecule has 1 aliphatic rings. The van der Waals surface area contributed by atoms with E-state index >= 15 is 0 Å². The zero-order chi connectivity index (χ0) is 24.4. The van der Waals surface area contributed by atoms with E-state index in [-0.39, 0.29) is 33.8 Å². The number of phenols is 2. The first-order valence-electron chi connectivity index (χ1n) is 10.0. The summed E-state index contributed by atoms with van der Waals surface area (Å²) < 4.78 is 7.36. The maximum atomic E-state index is 13.1. The number of aromatic carboxylic acids is 1. The molecule has 1 aliphatic heterocycles. The Bertz CT molecular complexity index is 1310. The second kappa shape index (κ2) is 7.88. The van der Waals surface area contributed by atoms with Gasteiger partial charge in [0.2, 0.25) is 0 Å². The zero-order valence-corrected chi connectivity index (χ0v) is 21.4. The first-order chi connectivity index (χ1) is 15.4. The third kappa shape index (κ3) is 3.27. The van der Waals surface area contributed by atoms with Crippen molar-refractivity contribution < 1.29 is 29.6 Å². The fraction of sp³-hybridized carbons (Fsp3) is 0.200. The number of cyclic esters (lactones) is 1. The Balaban J connectivity index is 2.20. The molecular weight excluding hydrogens is 556 g/mol. The standard InChI is InChI=1S/C25H20Br2O6/c1-10-12(3)21(28)17(8-19(10)26)25(18-9-20(27)11(2)13(4)22(18)29)16-6-5-14(23(30)31)7-15(16)24(32)33-25/h5-9,28-29H,1-4H3,(H,30,31). The highest BCUT2D eigenvalue weighted by atomic mass is 79.9. The molecule has 8 heteroatoms. The SMILES string of the molecule is Cc1c(Br)cc(C2(c3cc(Br)c(C)c(C)c3O)OC(=O)c3cc(C(=O)O)ccc32)c(O)c1C. The summed E-state index contributed by atoms with van der Waals surface area (Å²) in [5, 5.41) is 31.9. The summed E-state index contributed by atoms with van der Waals surface area (Å²) in [5.74, 6) is -2.12. The van der Waals surface area contributed by atoms with Gasteiger partial charge >= 0.3 is 11.9 Å². The number of carbonyl (C=O) groups excluding carboxylic acids is 1. The highest BCUT2D eigenvalue weighted by molar-refractivity contribution is 9.10. The normalized spacial score (nSPS) is 14.2. The third-order valence-corrected chi connectivity index (χ3v) is 8.12. The molecule has 3 N–H and O–H groups in total. The van der Waals surface area contributed by atoms with Crippen LogP contribution in [0.1, 0.15) is 59.7 Å².